The van der Waals surface area contributed by atoms with Gasteiger partial charge >= 0.3 is 5.97 Å². The van der Waals surface area contributed by atoms with Gasteiger partial charge < -0.3 is 44.0 Å². The van der Waals surface area contributed by atoms with Crippen LogP contribution in [0.15, 0.2) is 0 Å². The molecule has 0 bridgehead atoms. The van der Waals surface area contributed by atoms with E-state index in [0.29, 0.717) is 38.8 Å². The lowest BCUT2D eigenvalue weighted by Crippen LogP contribution is -2.58. The van der Waals surface area contributed by atoms with Crippen LogP contribution in [0.3, 0.4) is 0 Å². The predicted octanol–water partition coefficient (Wildman–Crippen LogP) is -1.97. The number of hydrogen-bond donors (Lipinski definition) is 8. The molecule has 4 unspecified atom stereocenters. The summed E-state index contributed by atoms with van der Waals surface area (Å²) in [5.41, 5.74) is 22.0. The van der Waals surface area contributed by atoms with Crippen molar-refractivity contribution < 1.29 is 29.1 Å². The van der Waals surface area contributed by atoms with Gasteiger partial charge in [-0.2, -0.15) is 0 Å². The summed E-state index contributed by atoms with van der Waals surface area (Å²) in [5, 5.41) is 16.9. The number of hydrogen-bond acceptors (Lipinski definition) is 8. The Balaban J connectivity index is 5.38. The fourth-order valence-electron chi connectivity index (χ4n) is 3.27. The Hall–Kier alpha value is -2.77. The van der Waals surface area contributed by atoms with Crippen LogP contribution in [0.2, 0.25) is 0 Å². The van der Waals surface area contributed by atoms with E-state index >= 15 is 0 Å². The van der Waals surface area contributed by atoms with Gasteiger partial charge in [-0.05, 0) is 57.5 Å². The number of nitrogens with one attached hydrogen (secondary N) is 3. The van der Waals surface area contributed by atoms with Crippen LogP contribution in [0, 0.1) is 5.92 Å². The van der Waals surface area contributed by atoms with Crippen LogP contribution in [0.5, 0.6) is 0 Å². The van der Waals surface area contributed by atoms with Gasteiger partial charge in [0.1, 0.15) is 18.1 Å². The number of aliphatic carboxylic acids is 1. The van der Waals surface area contributed by atoms with Crippen LogP contribution < -0.4 is 38.9 Å². The van der Waals surface area contributed by atoms with E-state index in [9.17, 15) is 29.1 Å². The van der Waals surface area contributed by atoms with Crippen LogP contribution in [-0.4, -0.2) is 72.0 Å². The SMILES string of the molecule is CC(C)C(NC(=O)C(N)CCCCN)C(=O)NC(CCC(N)=O)C(=O)NC(CCCCN)C(=O)O. The maximum Gasteiger partial charge on any atom is 0.326 e. The van der Waals surface area contributed by atoms with Crippen molar-refractivity contribution in [2.75, 3.05) is 13.1 Å². The quantitative estimate of drug-likeness (QED) is 0.0913. The van der Waals surface area contributed by atoms with E-state index < -0.39 is 53.8 Å². The Morgan fingerprint density at radius 3 is 1.77 bits per heavy atom. The Kier molecular flexibility index (Phi) is 16.2. The van der Waals surface area contributed by atoms with Crippen molar-refractivity contribution in [2.45, 2.75) is 89.4 Å². The third-order valence-electron chi connectivity index (χ3n) is 5.43. The summed E-state index contributed by atoms with van der Waals surface area (Å²) in [6.07, 6.45) is 2.66. The van der Waals surface area contributed by atoms with Crippen molar-refractivity contribution >= 4 is 29.6 Å². The molecule has 0 saturated heterocycles. The van der Waals surface area contributed by atoms with Crippen molar-refractivity contribution in [3.63, 3.8) is 0 Å². The fraction of sp³-hybridized carbons (Fsp3) is 0.773. The van der Waals surface area contributed by atoms with E-state index in [1.54, 1.807) is 13.8 Å². The molecule has 0 aliphatic heterocycles. The van der Waals surface area contributed by atoms with Gasteiger partial charge in [-0.25, -0.2) is 4.79 Å². The highest BCUT2D eigenvalue weighted by atomic mass is 16.4. The monoisotopic (exact) mass is 501 g/mol. The molecule has 4 atom stereocenters. The molecule has 0 heterocycles. The van der Waals surface area contributed by atoms with Gasteiger partial charge in [-0.15, -0.1) is 0 Å². The molecule has 12 N–H and O–H groups in total. The molecule has 0 aliphatic carbocycles. The molecule has 0 rings (SSSR count). The molecule has 0 fully saturated rings. The smallest absolute Gasteiger partial charge is 0.326 e. The summed E-state index contributed by atoms with van der Waals surface area (Å²) in [5.74, 6) is -4.22. The summed E-state index contributed by atoms with van der Waals surface area (Å²) >= 11 is 0. The minimum atomic E-state index is -1.23. The highest BCUT2D eigenvalue weighted by Gasteiger charge is 2.31. The first-order chi connectivity index (χ1) is 16.4. The zero-order chi connectivity index (χ0) is 27.0. The molecular formula is C22H43N7O6. The Bertz CT molecular complexity index is 704. The summed E-state index contributed by atoms with van der Waals surface area (Å²) in [6.45, 7) is 4.29. The van der Waals surface area contributed by atoms with Crippen LogP contribution in [0.4, 0.5) is 0 Å². The Labute approximate surface area is 206 Å². The van der Waals surface area contributed by atoms with E-state index in [0.717, 1.165) is 6.42 Å². The average molecular weight is 502 g/mol. The lowest BCUT2D eigenvalue weighted by molar-refractivity contribution is -0.142. The van der Waals surface area contributed by atoms with Gasteiger partial charge in [-0.3, -0.25) is 19.2 Å². The number of carbonyl (C=O) groups is 5. The first-order valence-electron chi connectivity index (χ1n) is 12.0. The molecule has 202 valence electrons. The third kappa shape index (κ3) is 13.6. The van der Waals surface area contributed by atoms with Crippen molar-refractivity contribution in [3.8, 4) is 0 Å². The molecule has 0 aromatic carbocycles. The van der Waals surface area contributed by atoms with Crippen molar-refractivity contribution in [3.05, 3.63) is 0 Å². The van der Waals surface area contributed by atoms with Crippen molar-refractivity contribution in [2.24, 2.45) is 28.9 Å². The Morgan fingerprint density at radius 2 is 1.29 bits per heavy atom. The first-order valence-corrected chi connectivity index (χ1v) is 12.0. The molecule has 0 aromatic rings. The second-order valence-corrected chi connectivity index (χ2v) is 8.87. The third-order valence-corrected chi connectivity index (χ3v) is 5.43. The van der Waals surface area contributed by atoms with E-state index in [1.165, 1.54) is 0 Å². The summed E-state index contributed by atoms with van der Waals surface area (Å²) < 4.78 is 0. The first kappa shape index (κ1) is 32.2. The number of carboxylic acid groups (broad SMARTS) is 1. The average Bonchev–Trinajstić information content (AvgIpc) is 2.78. The number of carboxylic acids is 1. The molecule has 35 heavy (non-hydrogen) atoms. The normalized spacial score (nSPS) is 14.5. The molecule has 4 amide bonds. The minimum absolute atomic E-state index is 0.139. The maximum absolute atomic E-state index is 13.0. The Morgan fingerprint density at radius 1 is 0.743 bits per heavy atom. The molecule has 13 nitrogen and oxygen atoms in total. The largest absolute Gasteiger partial charge is 0.480 e. The van der Waals surface area contributed by atoms with Gasteiger partial charge in [0.2, 0.25) is 23.6 Å². The van der Waals surface area contributed by atoms with Crippen LogP contribution in [0.1, 0.15) is 65.2 Å². The summed E-state index contributed by atoms with van der Waals surface area (Å²) in [7, 11) is 0. The molecular weight excluding hydrogens is 458 g/mol. The number of carbonyl (C=O) groups excluding carboxylic acids is 4. The molecule has 0 radical (unpaired) electrons. The minimum Gasteiger partial charge on any atom is -0.480 e. The van der Waals surface area contributed by atoms with Crippen molar-refractivity contribution in [1.29, 1.82) is 0 Å². The van der Waals surface area contributed by atoms with Crippen LogP contribution >= 0.6 is 0 Å². The van der Waals surface area contributed by atoms with Crippen LogP contribution in [0.25, 0.3) is 0 Å². The zero-order valence-corrected chi connectivity index (χ0v) is 20.8. The second-order valence-electron chi connectivity index (χ2n) is 8.87. The second kappa shape index (κ2) is 17.6. The summed E-state index contributed by atoms with van der Waals surface area (Å²) in [6, 6.07) is -4.25. The molecule has 13 heteroatoms. The van der Waals surface area contributed by atoms with Gasteiger partial charge in [0.25, 0.3) is 0 Å². The van der Waals surface area contributed by atoms with Gasteiger partial charge in [0.05, 0.1) is 6.04 Å². The van der Waals surface area contributed by atoms with E-state index in [1.807, 2.05) is 0 Å². The van der Waals surface area contributed by atoms with Crippen LogP contribution in [-0.2, 0) is 24.0 Å². The predicted molar refractivity (Wildman–Crippen MR) is 130 cm³/mol. The lowest BCUT2D eigenvalue weighted by atomic mass is 10.0. The highest BCUT2D eigenvalue weighted by Crippen LogP contribution is 2.08. The fourth-order valence-corrected chi connectivity index (χ4v) is 3.27. The number of rotatable bonds is 19. The van der Waals surface area contributed by atoms with Gasteiger partial charge in [0, 0.05) is 6.42 Å². The zero-order valence-electron chi connectivity index (χ0n) is 20.8. The molecule has 0 spiro atoms. The number of unbranched alkanes of at least 4 members (excludes halogenated alkanes) is 2. The van der Waals surface area contributed by atoms with E-state index in [2.05, 4.69) is 16.0 Å². The molecule has 0 aliphatic rings. The van der Waals surface area contributed by atoms with Gasteiger partial charge in [0.15, 0.2) is 0 Å². The van der Waals surface area contributed by atoms with Gasteiger partial charge in [-0.1, -0.05) is 20.3 Å². The van der Waals surface area contributed by atoms with Crippen molar-refractivity contribution in [1.82, 2.24) is 16.0 Å². The number of primary amides is 1. The standard InChI is InChI=1S/C22H43N7O6/c1-13(2)18(29-19(31)14(25)7-3-5-11-23)21(33)27-15(9-10-17(26)30)20(32)28-16(22(34)35)8-4-6-12-24/h13-16,18H,3-12,23-25H2,1-2H3,(H2,26,30)(H,27,33)(H,28,32)(H,29,31)(H,34,35). The summed E-state index contributed by atoms with van der Waals surface area (Å²) in [4.78, 5) is 61.1. The maximum atomic E-state index is 13.0. The number of amides is 4. The van der Waals surface area contributed by atoms with E-state index in [4.69, 9.17) is 22.9 Å². The van der Waals surface area contributed by atoms with E-state index in [-0.39, 0.29) is 25.2 Å². The molecule has 0 aromatic heterocycles. The highest BCUT2D eigenvalue weighted by molar-refractivity contribution is 5.94. The topological polar surface area (TPSA) is 246 Å². The molecule has 0 saturated carbocycles. The lowest BCUT2D eigenvalue weighted by Gasteiger charge is -2.27. The number of nitrogens with two attached hydrogens (primary N) is 4.